The first-order chi connectivity index (χ1) is 17.4. The maximum atomic E-state index is 13.8. The molecule has 3 heterocycles. The number of carbonyl (C=O) groups is 1. The van der Waals surface area contributed by atoms with Gasteiger partial charge in [-0.1, -0.05) is 26.0 Å². The Kier molecular flexibility index (Phi) is 8.67. The standard InChI is InChI=1S/C28H42N6O2/c1-5-32(6-2)14-8-15-34(20-22-10-11-26-23(17-22)9-7-13-30(26)3)28(36)24-12-16-33(21-24)25-18-27(35)31(4)29-19-25/h10-11,17-19,24H,5-9,12-16,20-21H2,1-4H3. The van der Waals surface area contributed by atoms with Crippen LogP contribution in [0, 0.1) is 5.92 Å². The lowest BCUT2D eigenvalue weighted by molar-refractivity contribution is -0.135. The van der Waals surface area contributed by atoms with Crippen LogP contribution in [0.5, 0.6) is 0 Å². The second kappa shape index (κ2) is 11.9. The number of aryl methyl sites for hydroxylation is 2. The summed E-state index contributed by atoms with van der Waals surface area (Å²) in [6.45, 7) is 11.4. The monoisotopic (exact) mass is 494 g/mol. The van der Waals surface area contributed by atoms with Crippen LogP contribution >= 0.6 is 0 Å². The van der Waals surface area contributed by atoms with Gasteiger partial charge in [0, 0.05) is 58.6 Å². The molecule has 1 aromatic heterocycles. The number of fused-ring (bicyclic) bond motifs is 1. The molecular formula is C28H42N6O2. The minimum atomic E-state index is -0.127. The molecule has 36 heavy (non-hydrogen) atoms. The fourth-order valence-corrected chi connectivity index (χ4v) is 5.54. The van der Waals surface area contributed by atoms with E-state index in [2.05, 4.69) is 63.8 Å². The van der Waals surface area contributed by atoms with Gasteiger partial charge in [-0.2, -0.15) is 5.10 Å². The van der Waals surface area contributed by atoms with E-state index >= 15 is 0 Å². The number of hydrogen-bond donors (Lipinski definition) is 0. The molecule has 1 saturated heterocycles. The molecule has 0 spiro atoms. The molecule has 0 N–H and O–H groups in total. The Morgan fingerprint density at radius 3 is 2.67 bits per heavy atom. The molecular weight excluding hydrogens is 452 g/mol. The summed E-state index contributed by atoms with van der Waals surface area (Å²) in [6, 6.07) is 8.34. The van der Waals surface area contributed by atoms with E-state index in [9.17, 15) is 9.59 Å². The summed E-state index contributed by atoms with van der Waals surface area (Å²) in [7, 11) is 3.81. The van der Waals surface area contributed by atoms with Crippen LogP contribution in [0.25, 0.3) is 0 Å². The largest absolute Gasteiger partial charge is 0.374 e. The average molecular weight is 495 g/mol. The van der Waals surface area contributed by atoms with E-state index in [4.69, 9.17) is 0 Å². The van der Waals surface area contributed by atoms with Gasteiger partial charge < -0.3 is 19.6 Å². The zero-order chi connectivity index (χ0) is 25.7. The van der Waals surface area contributed by atoms with Crippen molar-refractivity contribution >= 4 is 17.3 Å². The number of carbonyl (C=O) groups excluding carboxylic acids is 1. The van der Waals surface area contributed by atoms with Gasteiger partial charge in [-0.25, -0.2) is 4.68 Å². The average Bonchev–Trinajstić information content (AvgIpc) is 3.37. The second-order valence-electron chi connectivity index (χ2n) is 10.2. The lowest BCUT2D eigenvalue weighted by atomic mass is 9.99. The Hall–Kier alpha value is -2.87. The van der Waals surface area contributed by atoms with Crippen molar-refractivity contribution < 1.29 is 4.79 Å². The summed E-state index contributed by atoms with van der Waals surface area (Å²) in [5.74, 6) is 0.162. The zero-order valence-corrected chi connectivity index (χ0v) is 22.4. The molecule has 0 aliphatic carbocycles. The van der Waals surface area contributed by atoms with Crippen molar-refractivity contribution in [3.05, 3.63) is 51.9 Å². The number of hydrogen-bond acceptors (Lipinski definition) is 6. The predicted molar refractivity (Wildman–Crippen MR) is 146 cm³/mol. The minimum Gasteiger partial charge on any atom is -0.374 e. The summed E-state index contributed by atoms with van der Waals surface area (Å²) in [5.41, 5.74) is 4.60. The van der Waals surface area contributed by atoms with Gasteiger partial charge in [0.1, 0.15) is 0 Å². The van der Waals surface area contributed by atoms with E-state index in [0.29, 0.717) is 13.1 Å². The van der Waals surface area contributed by atoms with Crippen LogP contribution in [0.15, 0.2) is 35.3 Å². The SMILES string of the molecule is CCN(CC)CCCN(Cc1ccc2c(c1)CCCN2C)C(=O)C1CCN(c2cnn(C)c(=O)c2)C1. The predicted octanol–water partition coefficient (Wildman–Crippen LogP) is 2.75. The van der Waals surface area contributed by atoms with Gasteiger partial charge in [0.15, 0.2) is 0 Å². The maximum Gasteiger partial charge on any atom is 0.268 e. The lowest BCUT2D eigenvalue weighted by Crippen LogP contribution is -2.39. The molecule has 2 aromatic rings. The van der Waals surface area contributed by atoms with Crippen LogP contribution in [0.1, 0.15) is 44.2 Å². The molecule has 4 rings (SSSR count). The molecule has 1 unspecified atom stereocenters. The Bertz CT molecular complexity index is 1100. The molecule has 196 valence electrons. The number of nitrogens with zero attached hydrogens (tertiary/aromatic N) is 6. The summed E-state index contributed by atoms with van der Waals surface area (Å²) < 4.78 is 1.33. The number of benzene rings is 1. The molecule has 1 fully saturated rings. The number of amides is 1. The molecule has 0 radical (unpaired) electrons. The maximum absolute atomic E-state index is 13.8. The molecule has 1 amide bonds. The highest BCUT2D eigenvalue weighted by Crippen LogP contribution is 2.28. The normalized spacial score (nSPS) is 17.5. The summed E-state index contributed by atoms with van der Waals surface area (Å²) >= 11 is 0. The van der Waals surface area contributed by atoms with Crippen molar-refractivity contribution in [3.8, 4) is 0 Å². The van der Waals surface area contributed by atoms with Gasteiger partial charge >= 0.3 is 0 Å². The van der Waals surface area contributed by atoms with E-state index in [1.165, 1.54) is 27.9 Å². The third-order valence-electron chi connectivity index (χ3n) is 7.83. The van der Waals surface area contributed by atoms with Gasteiger partial charge in [0.25, 0.3) is 5.56 Å². The first-order valence-corrected chi connectivity index (χ1v) is 13.5. The lowest BCUT2D eigenvalue weighted by Gasteiger charge is -2.30. The van der Waals surface area contributed by atoms with E-state index < -0.39 is 0 Å². The van der Waals surface area contributed by atoms with Crippen molar-refractivity contribution in [3.63, 3.8) is 0 Å². The minimum absolute atomic E-state index is 0.0636. The smallest absolute Gasteiger partial charge is 0.268 e. The number of aromatic nitrogens is 2. The van der Waals surface area contributed by atoms with Crippen molar-refractivity contribution in [1.82, 2.24) is 19.6 Å². The Morgan fingerprint density at radius 2 is 1.92 bits per heavy atom. The molecule has 2 aliphatic rings. The summed E-state index contributed by atoms with van der Waals surface area (Å²) in [6.07, 6.45) is 5.77. The van der Waals surface area contributed by atoms with Crippen molar-refractivity contribution in [2.24, 2.45) is 13.0 Å². The molecule has 2 aliphatic heterocycles. The molecule has 1 atom stereocenters. The second-order valence-corrected chi connectivity index (χ2v) is 10.2. The van der Waals surface area contributed by atoms with E-state index in [1.54, 1.807) is 19.3 Å². The first-order valence-electron chi connectivity index (χ1n) is 13.5. The van der Waals surface area contributed by atoms with E-state index in [-0.39, 0.29) is 17.4 Å². The quantitative estimate of drug-likeness (QED) is 0.506. The molecule has 0 bridgehead atoms. The highest BCUT2D eigenvalue weighted by atomic mass is 16.2. The van der Waals surface area contributed by atoms with Crippen molar-refractivity contribution in [2.75, 3.05) is 62.7 Å². The molecule has 8 nitrogen and oxygen atoms in total. The number of anilines is 2. The highest BCUT2D eigenvalue weighted by Gasteiger charge is 2.32. The third kappa shape index (κ3) is 6.09. The van der Waals surface area contributed by atoms with Crippen molar-refractivity contribution in [1.29, 1.82) is 0 Å². The van der Waals surface area contributed by atoms with Gasteiger partial charge in [-0.05, 0) is 62.5 Å². The van der Waals surface area contributed by atoms with Gasteiger partial charge in [-0.15, -0.1) is 0 Å². The fourth-order valence-electron chi connectivity index (χ4n) is 5.54. The van der Waals surface area contributed by atoms with Crippen molar-refractivity contribution in [2.45, 2.75) is 46.1 Å². The molecule has 1 aromatic carbocycles. The molecule has 8 heteroatoms. The topological polar surface area (TPSA) is 64.9 Å². The Morgan fingerprint density at radius 1 is 1.11 bits per heavy atom. The van der Waals surface area contributed by atoms with Crippen LogP contribution in [0.2, 0.25) is 0 Å². The van der Waals surface area contributed by atoms with Crippen LogP contribution in [0.3, 0.4) is 0 Å². The Balaban J connectivity index is 1.47. The van der Waals surface area contributed by atoms with Gasteiger partial charge in [0.05, 0.1) is 17.8 Å². The highest BCUT2D eigenvalue weighted by molar-refractivity contribution is 5.80. The van der Waals surface area contributed by atoms with Crippen LogP contribution < -0.4 is 15.4 Å². The molecule has 0 saturated carbocycles. The van der Waals surface area contributed by atoms with Gasteiger partial charge in [-0.3, -0.25) is 9.59 Å². The first kappa shape index (κ1) is 26.2. The van der Waals surface area contributed by atoms with E-state index in [1.807, 2.05) is 0 Å². The third-order valence-corrected chi connectivity index (χ3v) is 7.83. The number of rotatable bonds is 10. The van der Waals surface area contributed by atoms with E-state index in [0.717, 1.165) is 64.2 Å². The Labute approximate surface area is 215 Å². The van der Waals surface area contributed by atoms with Gasteiger partial charge in [0.2, 0.25) is 5.91 Å². The van der Waals surface area contributed by atoms with Crippen LogP contribution in [0.4, 0.5) is 11.4 Å². The van der Waals surface area contributed by atoms with Crippen LogP contribution in [-0.4, -0.2) is 78.3 Å². The fraction of sp³-hybridized carbons (Fsp3) is 0.607. The summed E-state index contributed by atoms with van der Waals surface area (Å²) in [4.78, 5) is 34.8. The summed E-state index contributed by atoms with van der Waals surface area (Å²) in [5, 5.41) is 4.16. The van der Waals surface area contributed by atoms with Crippen LogP contribution in [-0.2, 0) is 24.8 Å². The zero-order valence-electron chi connectivity index (χ0n) is 22.4.